The summed E-state index contributed by atoms with van der Waals surface area (Å²) in [7, 11) is 3.59. The molecule has 1 aliphatic rings. The highest BCUT2D eigenvalue weighted by Gasteiger charge is 2.19. The maximum absolute atomic E-state index is 11.5. The fourth-order valence-corrected chi connectivity index (χ4v) is 2.80. The summed E-state index contributed by atoms with van der Waals surface area (Å²) in [5.41, 5.74) is 0. The Morgan fingerprint density at radius 2 is 2.36 bits per heavy atom. The lowest BCUT2D eigenvalue weighted by Crippen LogP contribution is -2.43. The van der Waals surface area contributed by atoms with Crippen molar-refractivity contribution in [3.63, 3.8) is 0 Å². The highest BCUT2D eigenvalue weighted by molar-refractivity contribution is 8.00. The molecule has 82 valence electrons. The molecule has 1 fully saturated rings. The minimum absolute atomic E-state index is 0.0498. The topological polar surface area (TPSA) is 32.3 Å². The van der Waals surface area contributed by atoms with E-state index in [1.165, 1.54) is 18.6 Å². The van der Waals surface area contributed by atoms with Crippen LogP contribution in [0.4, 0.5) is 0 Å². The van der Waals surface area contributed by atoms with E-state index in [0.29, 0.717) is 5.25 Å². The standard InChI is InChI=1S/C10H20N2OS/c1-8(10(13)12(2)3)11-7-9-5-4-6-14-9/h8-9,11H,4-7H2,1-3H3. The molecular weight excluding hydrogens is 196 g/mol. The van der Waals surface area contributed by atoms with Crippen molar-refractivity contribution in [2.45, 2.75) is 31.1 Å². The number of rotatable bonds is 4. The minimum Gasteiger partial charge on any atom is -0.347 e. The SMILES string of the molecule is CC(NCC1CCCS1)C(=O)N(C)C. The van der Waals surface area contributed by atoms with Gasteiger partial charge in [-0.25, -0.2) is 0 Å². The zero-order valence-corrected chi connectivity index (χ0v) is 10.1. The second-order valence-electron chi connectivity index (χ2n) is 4.00. The smallest absolute Gasteiger partial charge is 0.238 e. The number of nitrogens with one attached hydrogen (secondary N) is 1. The van der Waals surface area contributed by atoms with Crippen molar-refractivity contribution in [3.8, 4) is 0 Å². The lowest BCUT2D eigenvalue weighted by atomic mass is 10.2. The Morgan fingerprint density at radius 1 is 1.64 bits per heavy atom. The molecule has 1 amide bonds. The van der Waals surface area contributed by atoms with Crippen molar-refractivity contribution < 1.29 is 4.79 Å². The number of likely N-dealkylation sites (N-methyl/N-ethyl adjacent to an activating group) is 1. The molecule has 1 aliphatic heterocycles. The Kier molecular flexibility index (Phi) is 4.75. The monoisotopic (exact) mass is 216 g/mol. The van der Waals surface area contributed by atoms with Crippen LogP contribution in [0.2, 0.25) is 0 Å². The zero-order chi connectivity index (χ0) is 10.6. The summed E-state index contributed by atoms with van der Waals surface area (Å²) in [5.74, 6) is 1.44. The Hall–Kier alpha value is -0.220. The zero-order valence-electron chi connectivity index (χ0n) is 9.25. The molecule has 3 nitrogen and oxygen atoms in total. The van der Waals surface area contributed by atoms with Crippen molar-refractivity contribution in [1.82, 2.24) is 10.2 Å². The summed E-state index contributed by atoms with van der Waals surface area (Å²) in [6, 6.07) is -0.0498. The first-order valence-corrected chi connectivity index (χ1v) is 6.22. The number of nitrogens with zero attached hydrogens (tertiary/aromatic N) is 1. The van der Waals surface area contributed by atoms with Crippen molar-refractivity contribution in [1.29, 1.82) is 0 Å². The molecule has 4 heteroatoms. The van der Waals surface area contributed by atoms with Gasteiger partial charge in [0.15, 0.2) is 0 Å². The van der Waals surface area contributed by atoms with Gasteiger partial charge in [0.05, 0.1) is 6.04 Å². The average molecular weight is 216 g/mol. The number of thioether (sulfide) groups is 1. The third-order valence-corrected chi connectivity index (χ3v) is 3.89. The van der Waals surface area contributed by atoms with Crippen LogP contribution in [0.15, 0.2) is 0 Å². The normalized spacial score (nSPS) is 23.5. The van der Waals surface area contributed by atoms with E-state index in [0.717, 1.165) is 6.54 Å². The molecule has 0 radical (unpaired) electrons. The van der Waals surface area contributed by atoms with Gasteiger partial charge in [0.2, 0.25) is 5.91 Å². The molecule has 1 heterocycles. The number of amides is 1. The van der Waals surface area contributed by atoms with Gasteiger partial charge in [-0.2, -0.15) is 11.8 Å². The van der Waals surface area contributed by atoms with Crippen molar-refractivity contribution in [2.75, 3.05) is 26.4 Å². The van der Waals surface area contributed by atoms with Crippen molar-refractivity contribution in [2.24, 2.45) is 0 Å². The number of carbonyl (C=O) groups is 1. The Labute approximate surface area is 90.6 Å². The number of hydrogen-bond acceptors (Lipinski definition) is 3. The van der Waals surface area contributed by atoms with Gasteiger partial charge in [-0.3, -0.25) is 4.79 Å². The van der Waals surface area contributed by atoms with Crippen LogP contribution < -0.4 is 5.32 Å². The molecule has 0 saturated carbocycles. The maximum Gasteiger partial charge on any atom is 0.238 e. The third kappa shape index (κ3) is 3.50. The van der Waals surface area contributed by atoms with Crippen LogP contribution in [0.25, 0.3) is 0 Å². The van der Waals surface area contributed by atoms with Crippen LogP contribution in [0.5, 0.6) is 0 Å². The molecule has 0 spiro atoms. The Bertz CT molecular complexity index is 191. The van der Waals surface area contributed by atoms with Gasteiger partial charge < -0.3 is 10.2 Å². The molecule has 14 heavy (non-hydrogen) atoms. The van der Waals surface area contributed by atoms with Crippen LogP contribution >= 0.6 is 11.8 Å². The molecule has 0 bridgehead atoms. The molecular formula is C10H20N2OS. The molecule has 0 aromatic rings. The molecule has 0 aromatic carbocycles. The highest BCUT2D eigenvalue weighted by Crippen LogP contribution is 2.25. The van der Waals surface area contributed by atoms with Gasteiger partial charge in [-0.1, -0.05) is 0 Å². The predicted octanol–water partition coefficient (Wildman–Crippen LogP) is 0.948. The van der Waals surface area contributed by atoms with Gasteiger partial charge in [0.1, 0.15) is 0 Å². The molecule has 1 N–H and O–H groups in total. The fraction of sp³-hybridized carbons (Fsp3) is 0.900. The first-order chi connectivity index (χ1) is 6.61. The quantitative estimate of drug-likeness (QED) is 0.759. The first-order valence-electron chi connectivity index (χ1n) is 5.17. The second-order valence-corrected chi connectivity index (χ2v) is 5.41. The summed E-state index contributed by atoms with van der Waals surface area (Å²) in [6.45, 7) is 2.90. The third-order valence-electron chi connectivity index (χ3n) is 2.49. The predicted molar refractivity (Wildman–Crippen MR) is 61.6 cm³/mol. The van der Waals surface area contributed by atoms with Crippen LogP contribution in [-0.2, 0) is 4.79 Å². The van der Waals surface area contributed by atoms with E-state index >= 15 is 0 Å². The summed E-state index contributed by atoms with van der Waals surface area (Å²) < 4.78 is 0. The number of carbonyl (C=O) groups excluding carboxylic acids is 1. The highest BCUT2D eigenvalue weighted by atomic mass is 32.2. The van der Waals surface area contributed by atoms with Crippen LogP contribution in [0.1, 0.15) is 19.8 Å². The van der Waals surface area contributed by atoms with E-state index in [1.54, 1.807) is 19.0 Å². The average Bonchev–Trinajstić information content (AvgIpc) is 2.65. The summed E-state index contributed by atoms with van der Waals surface area (Å²) in [4.78, 5) is 13.1. The van der Waals surface area contributed by atoms with Crippen LogP contribution in [-0.4, -0.2) is 48.5 Å². The van der Waals surface area contributed by atoms with Crippen molar-refractivity contribution in [3.05, 3.63) is 0 Å². The van der Waals surface area contributed by atoms with Gasteiger partial charge in [-0.05, 0) is 25.5 Å². The van der Waals surface area contributed by atoms with Crippen molar-refractivity contribution >= 4 is 17.7 Å². The molecule has 1 rings (SSSR count). The lowest BCUT2D eigenvalue weighted by molar-refractivity contribution is -0.130. The maximum atomic E-state index is 11.5. The molecule has 0 aromatic heterocycles. The first kappa shape index (κ1) is 11.9. The molecule has 2 unspecified atom stereocenters. The molecule has 0 aliphatic carbocycles. The Morgan fingerprint density at radius 3 is 2.86 bits per heavy atom. The van der Waals surface area contributed by atoms with E-state index < -0.39 is 0 Å². The molecule has 1 saturated heterocycles. The van der Waals surface area contributed by atoms with Gasteiger partial charge in [-0.15, -0.1) is 0 Å². The van der Waals surface area contributed by atoms with Gasteiger partial charge >= 0.3 is 0 Å². The van der Waals surface area contributed by atoms with E-state index in [2.05, 4.69) is 5.32 Å². The van der Waals surface area contributed by atoms with Crippen LogP contribution in [0.3, 0.4) is 0 Å². The minimum atomic E-state index is -0.0498. The summed E-state index contributed by atoms with van der Waals surface area (Å²) in [6.07, 6.45) is 2.62. The largest absolute Gasteiger partial charge is 0.347 e. The van der Waals surface area contributed by atoms with Gasteiger partial charge in [0.25, 0.3) is 0 Å². The Balaban J connectivity index is 2.19. The lowest BCUT2D eigenvalue weighted by Gasteiger charge is -2.19. The van der Waals surface area contributed by atoms with Gasteiger partial charge in [0, 0.05) is 25.9 Å². The fourth-order valence-electron chi connectivity index (χ4n) is 1.59. The van der Waals surface area contributed by atoms with E-state index in [4.69, 9.17) is 0 Å². The number of hydrogen-bond donors (Lipinski definition) is 1. The van der Waals surface area contributed by atoms with E-state index in [9.17, 15) is 4.79 Å². The summed E-state index contributed by atoms with van der Waals surface area (Å²) in [5, 5.41) is 4.01. The van der Waals surface area contributed by atoms with Crippen LogP contribution in [0, 0.1) is 0 Å². The second kappa shape index (κ2) is 5.61. The van der Waals surface area contributed by atoms with E-state index in [-0.39, 0.29) is 11.9 Å². The van der Waals surface area contributed by atoms with E-state index in [1.807, 2.05) is 18.7 Å². The molecule has 2 atom stereocenters. The summed E-state index contributed by atoms with van der Waals surface area (Å²) >= 11 is 2.02.